The summed E-state index contributed by atoms with van der Waals surface area (Å²) in [7, 11) is -0.643. The first-order chi connectivity index (χ1) is 26.7. The van der Waals surface area contributed by atoms with Crippen molar-refractivity contribution in [2.24, 2.45) is 20.0 Å². The highest BCUT2D eigenvalue weighted by molar-refractivity contribution is 7.92. The molecule has 3 atom stereocenters. The molecule has 4 heterocycles. The number of hydrogen-bond donors (Lipinski definition) is 2. The normalized spacial score (nSPS) is 17.7. The van der Waals surface area contributed by atoms with Gasteiger partial charge in [-0.15, -0.1) is 0 Å². The molecule has 0 spiro atoms. The number of aromatic nitrogens is 7. The number of fused-ring (bicyclic) bond motifs is 4. The van der Waals surface area contributed by atoms with Gasteiger partial charge in [-0.05, 0) is 48.6 Å². The van der Waals surface area contributed by atoms with E-state index in [-0.39, 0.29) is 45.9 Å². The number of sulfonamides is 1. The van der Waals surface area contributed by atoms with Crippen molar-refractivity contribution in [1.29, 1.82) is 0 Å². The topological polar surface area (TPSA) is 142 Å². The van der Waals surface area contributed by atoms with E-state index in [4.69, 9.17) is 16.6 Å². The number of benzene rings is 2. The number of hydrogen-bond acceptors (Lipinski definition) is 7. The van der Waals surface area contributed by atoms with E-state index >= 15 is 8.78 Å². The lowest BCUT2D eigenvalue weighted by Crippen LogP contribution is -2.35. The molecule has 6 aromatic rings. The van der Waals surface area contributed by atoms with Crippen molar-refractivity contribution < 1.29 is 43.9 Å². The Morgan fingerprint density at radius 3 is 2.40 bits per heavy atom. The first-order valence-electron chi connectivity index (χ1n) is 17.1. The predicted octanol–water partition coefficient (Wildman–Crippen LogP) is 6.86. The molecular weight excluding hydrogens is 807 g/mol. The number of halogens is 8. The second-order valence-corrected chi connectivity index (χ2v) is 16.3. The number of nitrogens with one attached hydrogen (secondary N) is 2. The Balaban J connectivity index is 1.29. The molecule has 0 radical (unpaired) electrons. The lowest BCUT2D eigenvalue weighted by atomic mass is 9.93. The Morgan fingerprint density at radius 2 is 1.75 bits per heavy atom. The first-order valence-corrected chi connectivity index (χ1v) is 19.4. The van der Waals surface area contributed by atoms with Crippen LogP contribution in [0.5, 0.6) is 0 Å². The van der Waals surface area contributed by atoms with E-state index in [0.29, 0.717) is 33.1 Å². The largest absolute Gasteiger partial charge is 0.435 e. The Hall–Kier alpha value is -5.50. The van der Waals surface area contributed by atoms with Crippen molar-refractivity contribution in [2.45, 2.75) is 43.4 Å². The molecule has 1 saturated carbocycles. The summed E-state index contributed by atoms with van der Waals surface area (Å²) in [6.07, 6.45) is -1.49. The fourth-order valence-electron chi connectivity index (χ4n) is 7.67. The van der Waals surface area contributed by atoms with Crippen LogP contribution < -0.4 is 10.0 Å². The van der Waals surface area contributed by atoms with E-state index in [1.807, 2.05) is 0 Å². The van der Waals surface area contributed by atoms with Crippen molar-refractivity contribution in [2.75, 3.05) is 11.0 Å². The number of anilines is 1. The molecule has 21 heteroatoms. The van der Waals surface area contributed by atoms with Gasteiger partial charge in [-0.25, -0.2) is 22.2 Å². The lowest BCUT2D eigenvalue weighted by Gasteiger charge is -2.23. The van der Waals surface area contributed by atoms with Crippen molar-refractivity contribution in [1.82, 2.24) is 39.6 Å². The summed E-state index contributed by atoms with van der Waals surface area (Å²) in [5.74, 6) is -9.10. The van der Waals surface area contributed by atoms with E-state index in [2.05, 4.69) is 25.3 Å². The summed E-state index contributed by atoms with van der Waals surface area (Å²) >= 11 is 6.59. The fraction of sp³-hybridized carbons (Fsp3) is 0.306. The van der Waals surface area contributed by atoms with Crippen LogP contribution in [0.25, 0.3) is 33.3 Å². The average Bonchev–Trinajstić information content (AvgIpc) is 3.32. The minimum atomic E-state index is -5.07. The monoisotopic (exact) mass is 835 g/mol. The second kappa shape index (κ2) is 13.3. The van der Waals surface area contributed by atoms with E-state index in [1.54, 1.807) is 31.4 Å². The predicted molar refractivity (Wildman–Crippen MR) is 193 cm³/mol. The number of carbonyl (C=O) groups is 1. The van der Waals surface area contributed by atoms with Crippen molar-refractivity contribution in [3.63, 3.8) is 0 Å². The maximum Gasteiger partial charge on any atom is 0.435 e. The van der Waals surface area contributed by atoms with Gasteiger partial charge in [0, 0.05) is 54.5 Å². The molecule has 0 saturated heterocycles. The highest BCUT2D eigenvalue weighted by Gasteiger charge is 2.68. The smallest absolute Gasteiger partial charge is 0.346 e. The van der Waals surface area contributed by atoms with Gasteiger partial charge in [0.2, 0.25) is 15.9 Å². The fourth-order valence-corrected chi connectivity index (χ4v) is 8.41. The van der Waals surface area contributed by atoms with Gasteiger partial charge in [-0.1, -0.05) is 23.7 Å². The van der Waals surface area contributed by atoms with Gasteiger partial charge in [0.15, 0.2) is 11.5 Å². The van der Waals surface area contributed by atoms with Gasteiger partial charge in [-0.2, -0.15) is 37.2 Å². The standard InChI is InChI=1S/C36H29ClF7N9O3S/c1-51-14-17(13-45-51)25-7-5-20(21-4-6-24(37)29-31(21)52(2)49-34(29)50-57(3,55)56)30(47-25)26(10-16-8-18(38)11-19(39)9-16)46-27(54)15-53-33-28(32(48-53)36(42,43)44)22-12-23(22)35(33,40)41/h4-9,11,13-14,22-23,26H,10,12,15H2,1-3H3,(H,46,54)(H,49,50)/t22-,23+,26-/m0/s1. The average molecular weight is 836 g/mol. The third-order valence-corrected chi connectivity index (χ3v) is 10.8. The van der Waals surface area contributed by atoms with Crippen LogP contribution in [-0.4, -0.2) is 54.9 Å². The number of nitrogens with zero attached hydrogens (tertiary/aromatic N) is 7. The van der Waals surface area contributed by atoms with Crippen molar-refractivity contribution >= 4 is 44.3 Å². The summed E-state index contributed by atoms with van der Waals surface area (Å²) in [5, 5.41) is 14.9. The molecule has 0 aliphatic heterocycles. The van der Waals surface area contributed by atoms with Gasteiger partial charge < -0.3 is 5.32 Å². The third kappa shape index (κ3) is 6.98. The highest BCUT2D eigenvalue weighted by Crippen LogP contribution is 2.68. The molecule has 0 bridgehead atoms. The van der Waals surface area contributed by atoms with E-state index in [0.717, 1.165) is 18.4 Å². The molecule has 2 N–H and O–H groups in total. The van der Waals surface area contributed by atoms with Crippen LogP contribution in [-0.2, 0) is 54.0 Å². The molecule has 2 aliphatic rings. The number of amides is 1. The molecule has 2 aromatic carbocycles. The molecule has 12 nitrogen and oxygen atoms in total. The summed E-state index contributed by atoms with van der Waals surface area (Å²) in [4.78, 5) is 18.8. The van der Waals surface area contributed by atoms with Crippen LogP contribution in [0.1, 0.15) is 46.6 Å². The summed E-state index contributed by atoms with van der Waals surface area (Å²) in [5.41, 5.74) is -1.22. The maximum absolute atomic E-state index is 15.4. The second-order valence-electron chi connectivity index (χ2n) is 14.1. The summed E-state index contributed by atoms with van der Waals surface area (Å²) in [6.45, 7) is -1.06. The van der Waals surface area contributed by atoms with Crippen LogP contribution in [0.2, 0.25) is 5.02 Å². The number of alkyl halides is 5. The molecular formula is C36H29ClF7N9O3S. The van der Waals surface area contributed by atoms with Crippen LogP contribution in [0, 0.1) is 17.6 Å². The van der Waals surface area contributed by atoms with Gasteiger partial charge >= 0.3 is 6.18 Å². The van der Waals surface area contributed by atoms with Crippen molar-refractivity contribution in [3.05, 3.63) is 99.7 Å². The summed E-state index contributed by atoms with van der Waals surface area (Å²) in [6, 6.07) is 7.64. The number of pyridine rings is 1. The third-order valence-electron chi connectivity index (χ3n) is 9.96. The minimum absolute atomic E-state index is 0.0321. The van der Waals surface area contributed by atoms with Crippen LogP contribution in [0.3, 0.4) is 0 Å². The zero-order valence-electron chi connectivity index (χ0n) is 29.8. The Labute approximate surface area is 323 Å². The molecule has 2 aliphatic carbocycles. The molecule has 298 valence electrons. The van der Waals surface area contributed by atoms with Crippen LogP contribution in [0.15, 0.2) is 54.9 Å². The number of rotatable bonds is 10. The maximum atomic E-state index is 15.4. The molecule has 57 heavy (non-hydrogen) atoms. The van der Waals surface area contributed by atoms with Crippen molar-refractivity contribution in [3.8, 4) is 22.4 Å². The van der Waals surface area contributed by atoms with E-state index < -0.39 is 81.0 Å². The highest BCUT2D eigenvalue weighted by atomic mass is 35.5. The first kappa shape index (κ1) is 38.4. The number of aryl methyl sites for hydroxylation is 2. The molecule has 1 amide bonds. The molecule has 1 fully saturated rings. The van der Waals surface area contributed by atoms with Crippen LogP contribution >= 0.6 is 11.6 Å². The zero-order chi connectivity index (χ0) is 40.9. The van der Waals surface area contributed by atoms with E-state index in [9.17, 15) is 35.2 Å². The Kier molecular flexibility index (Phi) is 8.95. The molecule has 4 aromatic heterocycles. The van der Waals surface area contributed by atoms with Gasteiger partial charge in [0.25, 0.3) is 5.92 Å². The van der Waals surface area contributed by atoms with Gasteiger partial charge in [0.05, 0.1) is 45.8 Å². The summed E-state index contributed by atoms with van der Waals surface area (Å²) < 4.78 is 132. The van der Waals surface area contributed by atoms with Gasteiger partial charge in [0.1, 0.15) is 23.9 Å². The van der Waals surface area contributed by atoms with Gasteiger partial charge in [-0.3, -0.25) is 23.6 Å². The Bertz CT molecular complexity index is 2730. The van der Waals surface area contributed by atoms with E-state index in [1.165, 1.54) is 28.7 Å². The number of carbonyl (C=O) groups excluding carboxylic acids is 1. The SMILES string of the molecule is Cn1cc(-c2ccc(-c3ccc(Cl)c4c(NS(C)(=O)=O)nn(C)c34)c([C@H](Cc3cc(F)cc(F)c3)NC(=O)Cn3nc(C(F)(F)F)c4c3C(F)(F)[C@@H]3C[C@H]43)n2)cn1. The van der Waals surface area contributed by atoms with Crippen LogP contribution in [0.4, 0.5) is 36.6 Å². The minimum Gasteiger partial charge on any atom is -0.346 e. The molecule has 0 unspecified atom stereocenters. The lowest BCUT2D eigenvalue weighted by molar-refractivity contribution is -0.142. The quantitative estimate of drug-likeness (QED) is 0.144. The molecule has 8 rings (SSSR count). The Morgan fingerprint density at radius 1 is 1.05 bits per heavy atom. The zero-order valence-corrected chi connectivity index (χ0v) is 31.4.